The predicted octanol–water partition coefficient (Wildman–Crippen LogP) is 1.75. The topological polar surface area (TPSA) is 26.3 Å². The molecule has 8 heavy (non-hydrogen) atoms. The second-order valence-electron chi connectivity index (χ2n) is 1.19. The highest BCUT2D eigenvalue weighted by Gasteiger charge is 2.07. The lowest BCUT2D eigenvalue weighted by Crippen LogP contribution is -2.12. The quantitative estimate of drug-likeness (QED) is 0.435. The number of rotatable bonds is 2. The summed E-state index contributed by atoms with van der Waals surface area (Å²) in [6, 6.07) is 0. The molecule has 0 bridgehead atoms. The summed E-state index contributed by atoms with van der Waals surface area (Å²) < 4.78 is 5.07. The number of halogens is 2. The minimum Gasteiger partial charge on any atom is -0.454 e. The van der Waals surface area contributed by atoms with E-state index in [9.17, 15) is 4.79 Å². The van der Waals surface area contributed by atoms with E-state index in [0.717, 1.165) is 0 Å². The molecule has 0 saturated carbocycles. The van der Waals surface area contributed by atoms with Crippen LogP contribution in [0.1, 0.15) is 6.92 Å². The van der Waals surface area contributed by atoms with Crippen molar-refractivity contribution in [3.8, 4) is 0 Å². The lowest BCUT2D eigenvalue weighted by Gasteiger charge is -1.99. The Morgan fingerprint density at radius 3 is 2.50 bits per heavy atom. The zero-order valence-electron chi connectivity index (χ0n) is 4.36. The van der Waals surface area contributed by atoms with Crippen molar-refractivity contribution in [2.45, 2.75) is 10.8 Å². The number of hydrogen-bond acceptors (Lipinski definition) is 2. The van der Waals surface area contributed by atoms with Crippen LogP contribution in [0.25, 0.3) is 0 Å². The minimum atomic E-state index is -0.139. The van der Waals surface area contributed by atoms with Crippen LogP contribution in [0.5, 0.6) is 0 Å². The van der Waals surface area contributed by atoms with Crippen LogP contribution in [-0.2, 0) is 9.53 Å². The second kappa shape index (κ2) is 4.78. The first-order valence-corrected chi connectivity index (χ1v) is 4.82. The maximum Gasteiger partial charge on any atom is 0.319 e. The molecule has 0 spiro atoms. The lowest BCUT2D eigenvalue weighted by atomic mass is 10.5. The molecule has 4 heteroatoms. The van der Waals surface area contributed by atoms with E-state index in [-0.39, 0.29) is 9.89 Å². The molecule has 0 aromatic carbocycles. The average molecular weight is 340 g/mol. The standard InChI is InChI=1S/C4H6I2O2/c1-3(6)4(7)8-2-5/h3H,2H2,1H3. The third kappa shape index (κ3) is 3.88. The molecule has 0 heterocycles. The van der Waals surface area contributed by atoms with Gasteiger partial charge in [-0.25, -0.2) is 0 Å². The van der Waals surface area contributed by atoms with Crippen molar-refractivity contribution in [1.82, 2.24) is 0 Å². The van der Waals surface area contributed by atoms with Crippen molar-refractivity contribution < 1.29 is 9.53 Å². The van der Waals surface area contributed by atoms with E-state index >= 15 is 0 Å². The van der Waals surface area contributed by atoms with Gasteiger partial charge in [0.15, 0.2) is 0 Å². The Morgan fingerprint density at radius 1 is 1.88 bits per heavy atom. The monoisotopic (exact) mass is 340 g/mol. The van der Waals surface area contributed by atoms with Gasteiger partial charge in [-0.15, -0.1) is 0 Å². The Morgan fingerprint density at radius 2 is 2.38 bits per heavy atom. The first kappa shape index (κ1) is 8.93. The first-order valence-electron chi connectivity index (χ1n) is 2.05. The summed E-state index contributed by atoms with van der Waals surface area (Å²) in [6.45, 7) is 1.80. The van der Waals surface area contributed by atoms with Gasteiger partial charge in [0.25, 0.3) is 0 Å². The van der Waals surface area contributed by atoms with E-state index in [2.05, 4.69) is 4.74 Å². The Labute approximate surface area is 75.6 Å². The highest BCUT2D eigenvalue weighted by molar-refractivity contribution is 14.1. The zero-order valence-corrected chi connectivity index (χ0v) is 8.67. The van der Waals surface area contributed by atoms with Gasteiger partial charge in [-0.05, 0) is 29.5 Å². The molecular formula is C4H6I2O2. The molecule has 48 valence electrons. The van der Waals surface area contributed by atoms with Gasteiger partial charge in [0.2, 0.25) is 0 Å². The molecule has 0 aromatic heterocycles. The van der Waals surface area contributed by atoms with Crippen molar-refractivity contribution in [2.75, 3.05) is 4.61 Å². The van der Waals surface area contributed by atoms with Crippen LogP contribution in [0, 0.1) is 0 Å². The van der Waals surface area contributed by atoms with Crippen molar-refractivity contribution in [3.63, 3.8) is 0 Å². The van der Waals surface area contributed by atoms with Gasteiger partial charge in [0.05, 0.1) is 0 Å². The van der Waals surface area contributed by atoms with Gasteiger partial charge in [0.1, 0.15) is 8.54 Å². The molecule has 0 rings (SSSR count). The molecule has 1 atom stereocenters. The summed E-state index contributed by atoms with van der Waals surface area (Å²) in [7, 11) is 0. The third-order valence-electron chi connectivity index (χ3n) is 0.522. The van der Waals surface area contributed by atoms with Crippen LogP contribution < -0.4 is 0 Å². The zero-order chi connectivity index (χ0) is 6.57. The fraction of sp³-hybridized carbons (Fsp3) is 0.750. The molecule has 0 N–H and O–H groups in total. The molecule has 1 unspecified atom stereocenters. The summed E-state index contributed by atoms with van der Waals surface area (Å²) in [5.41, 5.74) is 0. The van der Waals surface area contributed by atoms with Crippen LogP contribution >= 0.6 is 45.2 Å². The number of hydrogen-bond donors (Lipinski definition) is 0. The van der Waals surface area contributed by atoms with Crippen molar-refractivity contribution in [2.24, 2.45) is 0 Å². The fourth-order valence-corrected chi connectivity index (χ4v) is 0.655. The van der Waals surface area contributed by atoms with Gasteiger partial charge in [-0.2, -0.15) is 0 Å². The number of alkyl halides is 2. The molecule has 0 aromatic rings. The van der Waals surface area contributed by atoms with E-state index < -0.39 is 0 Å². The van der Waals surface area contributed by atoms with Crippen LogP contribution in [0.3, 0.4) is 0 Å². The molecular weight excluding hydrogens is 334 g/mol. The van der Waals surface area contributed by atoms with Gasteiger partial charge in [-0.3, -0.25) is 4.79 Å². The molecule has 0 aliphatic carbocycles. The first-order chi connectivity index (χ1) is 3.68. The van der Waals surface area contributed by atoms with Crippen molar-refractivity contribution in [3.05, 3.63) is 0 Å². The molecule has 2 nitrogen and oxygen atoms in total. The molecule has 0 fully saturated rings. The van der Waals surface area contributed by atoms with Crippen LogP contribution in [-0.4, -0.2) is 14.5 Å². The highest BCUT2D eigenvalue weighted by Crippen LogP contribution is 2.01. The molecule has 0 aliphatic rings. The van der Waals surface area contributed by atoms with Gasteiger partial charge < -0.3 is 4.74 Å². The summed E-state index contributed by atoms with van der Waals surface area (Å²) >= 11 is 4.00. The fourth-order valence-electron chi connectivity index (χ4n) is 0.169. The summed E-state index contributed by atoms with van der Waals surface area (Å²) in [4.78, 5) is 10.5. The van der Waals surface area contributed by atoms with Crippen LogP contribution in [0.15, 0.2) is 0 Å². The Bertz CT molecular complexity index is 82.1. The highest BCUT2D eigenvalue weighted by atomic mass is 127. The Balaban J connectivity index is 3.33. The number of carbonyl (C=O) groups excluding carboxylic acids is 1. The van der Waals surface area contributed by atoms with Crippen LogP contribution in [0.4, 0.5) is 0 Å². The SMILES string of the molecule is CC(I)C(=O)OCI. The van der Waals surface area contributed by atoms with Gasteiger partial charge in [-0.1, -0.05) is 22.6 Å². The molecule has 0 saturated heterocycles. The van der Waals surface area contributed by atoms with E-state index in [0.29, 0.717) is 4.61 Å². The second-order valence-corrected chi connectivity index (χ2v) is 3.68. The molecule has 0 radical (unpaired) electrons. The summed E-state index contributed by atoms with van der Waals surface area (Å²) in [6.07, 6.45) is 0. The maximum absolute atomic E-state index is 10.5. The lowest BCUT2D eigenvalue weighted by molar-refractivity contribution is -0.139. The maximum atomic E-state index is 10.5. The summed E-state index contributed by atoms with van der Waals surface area (Å²) in [5, 5.41) is 0. The molecule has 0 aliphatic heterocycles. The van der Waals surface area contributed by atoms with E-state index in [1.807, 2.05) is 45.2 Å². The number of carbonyl (C=O) groups is 1. The van der Waals surface area contributed by atoms with Gasteiger partial charge >= 0.3 is 5.97 Å². The number of esters is 1. The predicted molar refractivity (Wildman–Crippen MR) is 48.5 cm³/mol. The van der Waals surface area contributed by atoms with Crippen molar-refractivity contribution >= 4 is 51.2 Å². The molecule has 0 amide bonds. The van der Waals surface area contributed by atoms with Crippen molar-refractivity contribution in [1.29, 1.82) is 0 Å². The van der Waals surface area contributed by atoms with Crippen LogP contribution in [0.2, 0.25) is 0 Å². The normalized spacial score (nSPS) is 12.9. The number of ether oxygens (including phenoxy) is 1. The third-order valence-corrected chi connectivity index (χ3v) is 1.34. The average Bonchev–Trinajstić information content (AvgIpc) is 1.67. The largest absolute Gasteiger partial charge is 0.454 e. The van der Waals surface area contributed by atoms with E-state index in [1.54, 1.807) is 6.92 Å². The van der Waals surface area contributed by atoms with E-state index in [4.69, 9.17) is 0 Å². The van der Waals surface area contributed by atoms with E-state index in [1.165, 1.54) is 0 Å². The summed E-state index contributed by atoms with van der Waals surface area (Å²) in [5.74, 6) is -0.139. The van der Waals surface area contributed by atoms with Gasteiger partial charge in [0, 0.05) is 0 Å². The Kier molecular flexibility index (Phi) is 5.33. The smallest absolute Gasteiger partial charge is 0.319 e. The Hall–Kier alpha value is 0.930. The minimum absolute atomic E-state index is 0.0256.